The van der Waals surface area contributed by atoms with E-state index in [1.165, 1.54) is 11.6 Å². The fourth-order valence-electron chi connectivity index (χ4n) is 1.27. The van der Waals surface area contributed by atoms with Gasteiger partial charge in [-0.2, -0.15) is 5.10 Å². The van der Waals surface area contributed by atoms with Gasteiger partial charge in [-0.3, -0.25) is 4.79 Å². The van der Waals surface area contributed by atoms with Crippen molar-refractivity contribution in [1.29, 1.82) is 0 Å². The summed E-state index contributed by atoms with van der Waals surface area (Å²) in [5.74, 6) is -0.0767. The molecule has 0 saturated heterocycles. The molecule has 70 valence electrons. The Morgan fingerprint density at radius 2 is 1.93 bits per heavy atom. The van der Waals surface area contributed by atoms with Crippen LogP contribution in [0.15, 0.2) is 42.7 Å². The van der Waals surface area contributed by atoms with Crippen molar-refractivity contribution < 1.29 is 4.79 Å². The molecule has 0 bridgehead atoms. The van der Waals surface area contributed by atoms with Gasteiger partial charge in [0.1, 0.15) is 0 Å². The van der Waals surface area contributed by atoms with Crippen molar-refractivity contribution >= 4 is 5.91 Å². The highest BCUT2D eigenvalue weighted by molar-refractivity contribution is 5.76. The third-order valence-electron chi connectivity index (χ3n) is 2.01. The Labute approximate surface area is 82.0 Å². The van der Waals surface area contributed by atoms with Crippen LogP contribution in [0.25, 0.3) is 11.1 Å². The van der Waals surface area contributed by atoms with E-state index >= 15 is 0 Å². The van der Waals surface area contributed by atoms with Gasteiger partial charge in [0.25, 0.3) is 0 Å². The van der Waals surface area contributed by atoms with Crippen LogP contribution in [-0.2, 0) is 0 Å². The van der Waals surface area contributed by atoms with Gasteiger partial charge in [0.15, 0.2) is 0 Å². The molecule has 0 radical (unpaired) electrons. The summed E-state index contributed by atoms with van der Waals surface area (Å²) in [6.07, 6.45) is 3.42. The van der Waals surface area contributed by atoms with Crippen molar-refractivity contribution in [3.05, 3.63) is 42.7 Å². The topological polar surface area (TPSA) is 34.9 Å². The summed E-state index contributed by atoms with van der Waals surface area (Å²) in [6.45, 7) is 1.49. The molecule has 2 rings (SSSR count). The minimum absolute atomic E-state index is 0.0767. The van der Waals surface area contributed by atoms with Crippen molar-refractivity contribution in [3.8, 4) is 11.1 Å². The zero-order valence-electron chi connectivity index (χ0n) is 7.84. The monoisotopic (exact) mass is 186 g/mol. The van der Waals surface area contributed by atoms with E-state index in [-0.39, 0.29) is 5.91 Å². The van der Waals surface area contributed by atoms with Gasteiger partial charge in [-0.05, 0) is 5.56 Å². The Morgan fingerprint density at radius 3 is 2.50 bits per heavy atom. The van der Waals surface area contributed by atoms with E-state index in [9.17, 15) is 4.79 Å². The quantitative estimate of drug-likeness (QED) is 0.684. The lowest BCUT2D eigenvalue weighted by Gasteiger charge is -1.94. The number of carbonyl (C=O) groups is 1. The highest BCUT2D eigenvalue weighted by Crippen LogP contribution is 2.17. The molecule has 3 nitrogen and oxygen atoms in total. The number of rotatable bonds is 1. The summed E-state index contributed by atoms with van der Waals surface area (Å²) in [5, 5.41) is 3.96. The molecule has 2 aromatic rings. The highest BCUT2D eigenvalue weighted by atomic mass is 16.2. The van der Waals surface area contributed by atoms with Gasteiger partial charge in [-0.25, -0.2) is 4.68 Å². The summed E-state index contributed by atoms with van der Waals surface area (Å²) in [7, 11) is 0. The lowest BCUT2D eigenvalue weighted by molar-refractivity contribution is 0.0921. The predicted octanol–water partition coefficient (Wildman–Crippen LogP) is 2.21. The maximum absolute atomic E-state index is 11.0. The van der Waals surface area contributed by atoms with Crippen molar-refractivity contribution in [2.45, 2.75) is 6.92 Å². The number of aromatic nitrogens is 2. The summed E-state index contributed by atoms with van der Waals surface area (Å²) in [6, 6.07) is 9.85. The van der Waals surface area contributed by atoms with Crippen LogP contribution in [0.3, 0.4) is 0 Å². The first-order valence-electron chi connectivity index (χ1n) is 4.38. The Hall–Kier alpha value is -1.90. The van der Waals surface area contributed by atoms with Crippen LogP contribution in [0.1, 0.15) is 11.7 Å². The second kappa shape index (κ2) is 3.46. The molecule has 0 unspecified atom stereocenters. The zero-order valence-corrected chi connectivity index (χ0v) is 7.84. The average molecular weight is 186 g/mol. The molecule has 1 heterocycles. The molecular formula is C11H10N2O. The van der Waals surface area contributed by atoms with Gasteiger partial charge in [-0.1, -0.05) is 30.3 Å². The average Bonchev–Trinajstić information content (AvgIpc) is 2.68. The van der Waals surface area contributed by atoms with E-state index < -0.39 is 0 Å². The number of hydrogen-bond donors (Lipinski definition) is 0. The molecule has 0 fully saturated rings. The molecule has 0 amide bonds. The second-order valence-electron chi connectivity index (χ2n) is 3.06. The number of benzene rings is 1. The largest absolute Gasteiger partial charge is 0.273 e. The van der Waals surface area contributed by atoms with Crippen LogP contribution in [0.5, 0.6) is 0 Å². The fourth-order valence-corrected chi connectivity index (χ4v) is 1.27. The van der Waals surface area contributed by atoms with Gasteiger partial charge >= 0.3 is 0 Å². The normalized spacial score (nSPS) is 10.1. The van der Waals surface area contributed by atoms with Gasteiger partial charge in [0.2, 0.25) is 5.91 Å². The SMILES string of the molecule is CC(=O)n1cc(-c2ccccc2)cn1. The molecule has 14 heavy (non-hydrogen) atoms. The molecule has 0 aliphatic carbocycles. The van der Waals surface area contributed by atoms with Crippen LogP contribution < -0.4 is 0 Å². The van der Waals surface area contributed by atoms with E-state index in [1.54, 1.807) is 12.4 Å². The number of carbonyl (C=O) groups excluding carboxylic acids is 1. The lowest BCUT2D eigenvalue weighted by atomic mass is 10.1. The molecule has 0 N–H and O–H groups in total. The lowest BCUT2D eigenvalue weighted by Crippen LogP contribution is -2.04. The summed E-state index contributed by atoms with van der Waals surface area (Å²) in [5.41, 5.74) is 2.03. The Balaban J connectivity index is 2.39. The third-order valence-corrected chi connectivity index (χ3v) is 2.01. The maximum Gasteiger partial charge on any atom is 0.243 e. The summed E-state index contributed by atoms with van der Waals surface area (Å²) >= 11 is 0. The zero-order chi connectivity index (χ0) is 9.97. The van der Waals surface area contributed by atoms with E-state index in [2.05, 4.69) is 5.10 Å². The Kier molecular flexibility index (Phi) is 2.14. The molecule has 0 saturated carbocycles. The first-order chi connectivity index (χ1) is 6.77. The second-order valence-corrected chi connectivity index (χ2v) is 3.06. The molecule has 0 aliphatic rings. The Bertz CT molecular complexity index is 445. The van der Waals surface area contributed by atoms with E-state index in [0.717, 1.165) is 11.1 Å². The van der Waals surface area contributed by atoms with Crippen molar-refractivity contribution in [2.24, 2.45) is 0 Å². The van der Waals surface area contributed by atoms with E-state index in [1.807, 2.05) is 30.3 Å². The molecule has 0 aliphatic heterocycles. The fraction of sp³-hybridized carbons (Fsp3) is 0.0909. The van der Waals surface area contributed by atoms with Crippen LogP contribution >= 0.6 is 0 Å². The van der Waals surface area contributed by atoms with Crippen LogP contribution in [0, 0.1) is 0 Å². The number of hydrogen-bond acceptors (Lipinski definition) is 2. The highest BCUT2D eigenvalue weighted by Gasteiger charge is 2.02. The van der Waals surface area contributed by atoms with Crippen LogP contribution in [-0.4, -0.2) is 15.7 Å². The minimum Gasteiger partial charge on any atom is -0.273 e. The first kappa shape index (κ1) is 8.69. The molecule has 0 spiro atoms. The minimum atomic E-state index is -0.0767. The van der Waals surface area contributed by atoms with Gasteiger partial charge < -0.3 is 0 Å². The van der Waals surface area contributed by atoms with Gasteiger partial charge in [0.05, 0.1) is 6.20 Å². The van der Waals surface area contributed by atoms with Crippen LogP contribution in [0.2, 0.25) is 0 Å². The third kappa shape index (κ3) is 1.57. The maximum atomic E-state index is 11.0. The first-order valence-corrected chi connectivity index (χ1v) is 4.38. The number of nitrogens with zero attached hydrogens (tertiary/aromatic N) is 2. The summed E-state index contributed by atoms with van der Waals surface area (Å²) in [4.78, 5) is 11.0. The predicted molar refractivity (Wildman–Crippen MR) is 54.0 cm³/mol. The van der Waals surface area contributed by atoms with E-state index in [4.69, 9.17) is 0 Å². The molecule has 1 aromatic heterocycles. The van der Waals surface area contributed by atoms with Crippen molar-refractivity contribution in [3.63, 3.8) is 0 Å². The molecule has 1 aromatic carbocycles. The smallest absolute Gasteiger partial charge is 0.243 e. The van der Waals surface area contributed by atoms with Crippen molar-refractivity contribution in [1.82, 2.24) is 9.78 Å². The van der Waals surface area contributed by atoms with Gasteiger partial charge in [-0.15, -0.1) is 0 Å². The standard InChI is InChI=1S/C11H10N2O/c1-9(14)13-8-11(7-12-13)10-5-3-2-4-6-10/h2-8H,1H3. The van der Waals surface area contributed by atoms with Crippen LogP contribution in [0.4, 0.5) is 0 Å². The Morgan fingerprint density at radius 1 is 1.21 bits per heavy atom. The molecular weight excluding hydrogens is 176 g/mol. The molecule has 3 heteroatoms. The summed E-state index contributed by atoms with van der Waals surface area (Å²) < 4.78 is 1.34. The van der Waals surface area contributed by atoms with E-state index in [0.29, 0.717) is 0 Å². The molecule has 0 atom stereocenters. The van der Waals surface area contributed by atoms with Crippen molar-refractivity contribution in [2.75, 3.05) is 0 Å². The van der Waals surface area contributed by atoms with Gasteiger partial charge in [0, 0.05) is 18.7 Å².